The number of anilines is 1. The number of fused-ring (bicyclic) bond motifs is 3. The van der Waals surface area contributed by atoms with E-state index in [0.29, 0.717) is 45.0 Å². The number of likely N-dealkylation sites (tertiary alicyclic amines) is 1. The molecular formula is C46H45ClN6O6. The van der Waals surface area contributed by atoms with Gasteiger partial charge in [0.1, 0.15) is 24.0 Å². The van der Waals surface area contributed by atoms with Gasteiger partial charge in [0.2, 0.25) is 11.8 Å². The Hall–Kier alpha value is -5.69. The molecule has 5 saturated heterocycles. The van der Waals surface area contributed by atoms with Crippen molar-refractivity contribution in [2.75, 3.05) is 31.1 Å². The number of hydrogen-bond donors (Lipinski definition) is 1. The second kappa shape index (κ2) is 16.2. The number of carbonyl (C=O) groups excluding carboxylic acids is 5. The van der Waals surface area contributed by atoms with Crippen molar-refractivity contribution in [3.05, 3.63) is 93.5 Å². The Morgan fingerprint density at radius 1 is 0.814 bits per heavy atom. The van der Waals surface area contributed by atoms with Crippen LogP contribution >= 0.6 is 11.6 Å². The molecule has 4 atom stereocenters. The molecule has 0 spiro atoms. The van der Waals surface area contributed by atoms with E-state index in [9.17, 15) is 24.0 Å². The molecule has 0 aliphatic carbocycles. The van der Waals surface area contributed by atoms with Crippen molar-refractivity contribution in [1.29, 1.82) is 5.26 Å². The number of rotatable bonds is 6. The summed E-state index contributed by atoms with van der Waals surface area (Å²) in [5, 5.41) is 11.8. The Bertz CT molecular complexity index is 2300. The number of benzene rings is 3. The normalized spacial score (nSPS) is 25.0. The third kappa shape index (κ3) is 7.56. The number of nitrogens with one attached hydrogen (secondary N) is 1. The third-order valence-corrected chi connectivity index (χ3v) is 13.5. The minimum atomic E-state index is -0.982. The fourth-order valence-electron chi connectivity index (χ4n) is 10.1. The number of carbonyl (C=O) groups is 5. The number of halogens is 1. The van der Waals surface area contributed by atoms with Gasteiger partial charge < -0.3 is 19.4 Å². The zero-order chi connectivity index (χ0) is 40.8. The molecule has 0 radical (unpaired) electrons. The summed E-state index contributed by atoms with van der Waals surface area (Å²) in [7, 11) is 0. The molecule has 2 bridgehead atoms. The zero-order valence-electron chi connectivity index (χ0n) is 32.7. The summed E-state index contributed by atoms with van der Waals surface area (Å²) >= 11 is 6.22. The Balaban J connectivity index is 0.747. The monoisotopic (exact) mass is 812 g/mol. The number of nitrogens with zero attached hydrogens (tertiary/aromatic N) is 5. The Morgan fingerprint density at radius 3 is 2.22 bits per heavy atom. The largest absolute Gasteiger partial charge is 0.490 e. The van der Waals surface area contributed by atoms with Gasteiger partial charge >= 0.3 is 0 Å². The van der Waals surface area contributed by atoms with E-state index in [-0.39, 0.29) is 36.9 Å². The smallest absolute Gasteiger partial charge is 0.264 e. The maximum Gasteiger partial charge on any atom is 0.264 e. The van der Waals surface area contributed by atoms with Gasteiger partial charge in [0, 0.05) is 73.6 Å². The lowest BCUT2D eigenvalue weighted by Gasteiger charge is -2.42. The SMILES string of the molecule is N#Cc1ccc(O[C@H]2C[C@H]3CC[C@@H](C2)N3C(=O)c2ccc(C#CC3CCN(C4CCN(c5cccc6c5C(=O)N(C5CCC(=O)NC5=O)C6=O)CC4)CC3)cc2)cc1Cl. The first kappa shape index (κ1) is 38.8. The van der Waals surface area contributed by atoms with Crippen LogP contribution in [0, 0.1) is 29.1 Å². The number of nitriles is 1. The number of imide groups is 2. The van der Waals surface area contributed by atoms with Crippen LogP contribution in [0.25, 0.3) is 0 Å². The van der Waals surface area contributed by atoms with Gasteiger partial charge in [-0.2, -0.15) is 5.26 Å². The van der Waals surface area contributed by atoms with Crippen molar-refractivity contribution >= 4 is 46.8 Å². The third-order valence-electron chi connectivity index (χ3n) is 13.1. The summed E-state index contributed by atoms with van der Waals surface area (Å²) in [6.07, 6.45) is 7.50. The molecular weight excluding hydrogens is 768 g/mol. The maximum absolute atomic E-state index is 13.7. The van der Waals surface area contributed by atoms with Crippen LogP contribution in [0.5, 0.6) is 5.75 Å². The molecule has 5 amide bonds. The van der Waals surface area contributed by atoms with Crippen molar-refractivity contribution in [2.45, 2.75) is 94.5 Å². The molecule has 5 fully saturated rings. The van der Waals surface area contributed by atoms with E-state index in [4.69, 9.17) is 21.6 Å². The quantitative estimate of drug-likeness (QED) is 0.250. The van der Waals surface area contributed by atoms with Crippen LogP contribution in [-0.2, 0) is 9.59 Å². The highest BCUT2D eigenvalue weighted by Crippen LogP contribution is 2.39. The molecule has 6 heterocycles. The predicted octanol–water partition coefficient (Wildman–Crippen LogP) is 5.56. The van der Waals surface area contributed by atoms with Crippen LogP contribution in [0.4, 0.5) is 5.69 Å². The zero-order valence-corrected chi connectivity index (χ0v) is 33.5. The fourth-order valence-corrected chi connectivity index (χ4v) is 10.3. The van der Waals surface area contributed by atoms with E-state index >= 15 is 0 Å². The van der Waals surface area contributed by atoms with Gasteiger partial charge in [-0.05, 0) is 107 Å². The highest BCUT2D eigenvalue weighted by molar-refractivity contribution is 6.31. The summed E-state index contributed by atoms with van der Waals surface area (Å²) < 4.78 is 6.25. The van der Waals surface area contributed by atoms with Crippen molar-refractivity contribution in [3.8, 4) is 23.7 Å². The van der Waals surface area contributed by atoms with Crippen LogP contribution in [0.15, 0.2) is 60.7 Å². The van der Waals surface area contributed by atoms with Crippen LogP contribution in [0.1, 0.15) is 106 Å². The lowest BCUT2D eigenvalue weighted by Crippen LogP contribution is -2.54. The van der Waals surface area contributed by atoms with Crippen molar-refractivity contribution < 1.29 is 28.7 Å². The van der Waals surface area contributed by atoms with E-state index in [2.05, 4.69) is 37.9 Å². The van der Waals surface area contributed by atoms with Crippen molar-refractivity contribution in [2.24, 2.45) is 5.92 Å². The van der Waals surface area contributed by atoms with E-state index in [1.807, 2.05) is 30.3 Å². The van der Waals surface area contributed by atoms with E-state index < -0.39 is 29.7 Å². The number of piperidine rings is 4. The predicted molar refractivity (Wildman–Crippen MR) is 219 cm³/mol. The van der Waals surface area contributed by atoms with Gasteiger partial charge in [0.15, 0.2) is 0 Å². The van der Waals surface area contributed by atoms with Crippen LogP contribution in [0.2, 0.25) is 5.02 Å². The number of amides is 5. The second-order valence-corrected chi connectivity index (χ2v) is 17.0. The molecule has 3 aromatic rings. The number of ether oxygens (including phenoxy) is 1. The molecule has 59 heavy (non-hydrogen) atoms. The van der Waals surface area contributed by atoms with Crippen LogP contribution < -0.4 is 15.0 Å². The molecule has 1 unspecified atom stereocenters. The highest BCUT2D eigenvalue weighted by atomic mass is 35.5. The van der Waals surface area contributed by atoms with Gasteiger partial charge in [-0.3, -0.25) is 34.2 Å². The first-order valence-electron chi connectivity index (χ1n) is 20.8. The number of hydrogen-bond acceptors (Lipinski definition) is 9. The maximum atomic E-state index is 13.7. The van der Waals surface area contributed by atoms with Gasteiger partial charge in [-0.25, -0.2) is 0 Å². The van der Waals surface area contributed by atoms with Gasteiger partial charge in [-0.15, -0.1) is 0 Å². The van der Waals surface area contributed by atoms with Crippen LogP contribution in [0.3, 0.4) is 0 Å². The molecule has 302 valence electrons. The molecule has 13 heteroatoms. The second-order valence-electron chi connectivity index (χ2n) is 16.6. The minimum Gasteiger partial charge on any atom is -0.490 e. The fraction of sp³-hybridized carbons (Fsp3) is 0.435. The van der Waals surface area contributed by atoms with Crippen molar-refractivity contribution in [3.63, 3.8) is 0 Å². The molecule has 6 aliphatic heterocycles. The Morgan fingerprint density at radius 2 is 1.54 bits per heavy atom. The van der Waals surface area contributed by atoms with E-state index in [1.54, 1.807) is 30.3 Å². The van der Waals surface area contributed by atoms with E-state index in [1.165, 1.54) is 0 Å². The van der Waals surface area contributed by atoms with Crippen LogP contribution in [-0.4, -0.2) is 101 Å². The molecule has 3 aromatic carbocycles. The highest BCUT2D eigenvalue weighted by Gasteiger charge is 2.47. The topological polar surface area (TPSA) is 143 Å². The molecule has 1 N–H and O–H groups in total. The van der Waals surface area contributed by atoms with Gasteiger partial charge in [-0.1, -0.05) is 29.5 Å². The average Bonchev–Trinajstić information content (AvgIpc) is 3.67. The molecule has 9 rings (SSSR count). The van der Waals surface area contributed by atoms with Gasteiger partial charge in [0.25, 0.3) is 17.7 Å². The Kier molecular flexibility index (Phi) is 10.6. The minimum absolute atomic E-state index is 0.0102. The summed E-state index contributed by atoms with van der Waals surface area (Å²) in [6, 6.07) is 19.9. The van der Waals surface area contributed by atoms with Crippen molar-refractivity contribution in [1.82, 2.24) is 20.0 Å². The summed E-state index contributed by atoms with van der Waals surface area (Å²) in [5.41, 5.74) is 3.39. The summed E-state index contributed by atoms with van der Waals surface area (Å²) in [5.74, 6) is 5.93. The summed E-state index contributed by atoms with van der Waals surface area (Å²) in [6.45, 7) is 3.44. The lowest BCUT2D eigenvalue weighted by atomic mass is 9.93. The molecule has 12 nitrogen and oxygen atoms in total. The molecule has 0 aromatic heterocycles. The molecule has 0 saturated carbocycles. The molecule has 6 aliphatic rings. The van der Waals surface area contributed by atoms with Gasteiger partial charge in [0.05, 0.1) is 27.4 Å². The Labute approximate surface area is 348 Å². The first-order valence-corrected chi connectivity index (χ1v) is 21.2. The first-order chi connectivity index (χ1) is 28.6. The van der Waals surface area contributed by atoms with E-state index in [0.717, 1.165) is 93.7 Å². The standard InChI is InChI=1S/C46H45ClN6O6/c47-38-26-35(13-10-31(38)27-48)59-36-24-33-11-12-34(25-36)52(33)44(56)30-8-6-28(7-9-30)4-5-29-16-20-50(21-17-29)32-18-22-51(23-19-32)39-3-1-2-37-42(39)46(58)53(45(37)57)40-14-15-41(54)49-43(40)55/h1-3,6-10,13,26,29,32-34,36,40H,11-12,14-25H2,(H,49,54,55)/t33-,34+,36+,40?. The average molecular weight is 813 g/mol. The summed E-state index contributed by atoms with van der Waals surface area (Å²) in [4.78, 5) is 72.8. The lowest BCUT2D eigenvalue weighted by molar-refractivity contribution is -0.136.